The van der Waals surface area contributed by atoms with Crippen molar-refractivity contribution in [1.29, 1.82) is 0 Å². The Morgan fingerprint density at radius 1 is 0.312 bits per heavy atom. The highest BCUT2D eigenvalue weighted by atomic mass is 31.2. The second kappa shape index (κ2) is 37.9. The van der Waals surface area contributed by atoms with Crippen molar-refractivity contribution < 1.29 is 9.53 Å². The third kappa shape index (κ3) is 21.9. The minimum atomic E-state index is -1.78. The van der Waals surface area contributed by atoms with Crippen LogP contribution in [0.1, 0.15) is 50.1 Å². The number of carbonyl (C=O) groups excluding carboxylic acids is 1. The minimum Gasteiger partial charge on any atom is -0.371 e. The van der Waals surface area contributed by atoms with Gasteiger partial charge in [0.2, 0.25) is 0 Å². The van der Waals surface area contributed by atoms with Crippen molar-refractivity contribution in [2.24, 2.45) is 0 Å². The Kier molecular flexibility index (Phi) is 27.3. The van der Waals surface area contributed by atoms with Gasteiger partial charge in [0.1, 0.15) is 6.29 Å². The molecule has 482 valence electrons. The van der Waals surface area contributed by atoms with Gasteiger partial charge in [0.15, 0.2) is 0 Å². The molecule has 0 aliphatic carbocycles. The van der Waals surface area contributed by atoms with E-state index in [1.165, 1.54) is 66.0 Å². The maximum absolute atomic E-state index is 11.9. The number of rotatable bonds is 27. The molecule has 13 rings (SSSR count). The van der Waals surface area contributed by atoms with Gasteiger partial charge in [-0.05, 0) is 92.1 Å². The summed E-state index contributed by atoms with van der Waals surface area (Å²) in [7, 11) is 0. The molecule has 4 atom stereocenters. The van der Waals surface area contributed by atoms with Crippen molar-refractivity contribution in [2.75, 3.05) is 6.61 Å². The van der Waals surface area contributed by atoms with Crippen molar-refractivity contribution in [1.82, 2.24) is 14.7 Å². The quantitative estimate of drug-likeness (QED) is 0.0222. The van der Waals surface area contributed by atoms with Crippen LogP contribution in [0.3, 0.4) is 0 Å². The van der Waals surface area contributed by atoms with Crippen molar-refractivity contribution in [3.63, 3.8) is 0 Å². The van der Waals surface area contributed by atoms with E-state index >= 15 is 0 Å². The lowest BCUT2D eigenvalue weighted by Crippen LogP contribution is -2.40. The zero-order chi connectivity index (χ0) is 66.1. The van der Waals surface area contributed by atoms with Crippen LogP contribution in [-0.4, -0.2) is 58.1 Å². The standard InChI is InChI=1S/C24H25NO.C24H25N.C23H23NO.C19H17P/c1-4-10-20(11-5-1)16-23(24-19-26-24)25(17-21-12-6-2-7-13-21)18-22-14-8-3-9-15-22;1-2-24(18-21-12-6-3-7-13-21)25(19-22-14-8-4-9-15-22)20-23-16-10-5-11-17-23;25-19-23(16-20-10-4-1-5-11-20)24(17-21-12-6-2-7-13-21)18-22-14-8-3-9-15-22;1-20(17-11-5-2-6-12-17,18-13-7-3-8-14-18)19-15-9-4-10-16-19/h1-15,23-24H,16-19H2;2-17,24H,1,18-20H2;1-15,19,23H,16-18H2;2-16H,1H2/t23-,24-;24-;23-;/m010./s1. The van der Waals surface area contributed by atoms with Gasteiger partial charge in [-0.25, -0.2) is 0 Å². The summed E-state index contributed by atoms with van der Waals surface area (Å²) in [5, 5.41) is 3.95. The molecule has 5 nitrogen and oxygen atoms in total. The van der Waals surface area contributed by atoms with Crippen LogP contribution in [0.5, 0.6) is 0 Å². The van der Waals surface area contributed by atoms with Gasteiger partial charge in [0.25, 0.3) is 0 Å². The van der Waals surface area contributed by atoms with Crippen molar-refractivity contribution in [2.45, 2.75) is 82.8 Å². The van der Waals surface area contributed by atoms with E-state index in [0.29, 0.717) is 18.2 Å². The third-order valence-electron chi connectivity index (χ3n) is 17.4. The molecule has 12 aromatic rings. The molecule has 1 fully saturated rings. The predicted molar refractivity (Wildman–Crippen MR) is 406 cm³/mol. The van der Waals surface area contributed by atoms with E-state index in [4.69, 9.17) is 11.0 Å². The zero-order valence-corrected chi connectivity index (χ0v) is 56.1. The van der Waals surface area contributed by atoms with Crippen LogP contribution < -0.4 is 15.9 Å². The SMILES string of the molecule is C=C[C@H](Cc1ccccc1)N(Cc1ccccc1)Cc1ccccc1.C=P(c1ccccc1)(c1ccccc1)c1ccccc1.O=C[C@H](Cc1ccccc1)N(Cc1ccccc1)Cc1ccccc1.c1ccc(C[C@@H]([C@@H]2CO2)N(Cc2ccccc2)Cc2ccccc2)cc1. The number of nitrogens with zero attached hydrogens (tertiary/aromatic N) is 3. The number of carbonyl (C=O) groups is 1. The molecule has 0 saturated carbocycles. The number of benzene rings is 12. The Bertz CT molecular complexity index is 3740. The summed E-state index contributed by atoms with van der Waals surface area (Å²) in [6.07, 6.45) is 10.9. The van der Waals surface area contributed by atoms with E-state index in [9.17, 15) is 4.79 Å². The number of hydrogen-bond donors (Lipinski definition) is 0. The van der Waals surface area contributed by atoms with E-state index in [1.54, 1.807) is 0 Å². The summed E-state index contributed by atoms with van der Waals surface area (Å²) < 4.78 is 5.76. The lowest BCUT2D eigenvalue weighted by atomic mass is 10.0. The van der Waals surface area contributed by atoms with E-state index in [0.717, 1.165) is 71.4 Å². The van der Waals surface area contributed by atoms with Crippen LogP contribution >= 0.6 is 6.89 Å². The predicted octanol–water partition coefficient (Wildman–Crippen LogP) is 18.1. The zero-order valence-electron chi connectivity index (χ0n) is 55.2. The van der Waals surface area contributed by atoms with Gasteiger partial charge in [-0.15, -0.1) is 6.58 Å². The van der Waals surface area contributed by atoms with Crippen LogP contribution in [-0.2, 0) is 68.1 Å². The van der Waals surface area contributed by atoms with Crippen molar-refractivity contribution in [3.8, 4) is 0 Å². The average molecular weight is 1280 g/mol. The fourth-order valence-electron chi connectivity index (χ4n) is 12.2. The average Bonchev–Trinajstić information content (AvgIpc) is 1.23. The summed E-state index contributed by atoms with van der Waals surface area (Å²) >= 11 is 0. The van der Waals surface area contributed by atoms with Gasteiger partial charge in [-0.1, -0.05) is 376 Å². The topological polar surface area (TPSA) is 39.3 Å². The fraction of sp³-hybridized carbons (Fsp3) is 0.156. The summed E-state index contributed by atoms with van der Waals surface area (Å²) in [6, 6.07) is 128. The highest BCUT2D eigenvalue weighted by Crippen LogP contribution is 2.41. The van der Waals surface area contributed by atoms with Gasteiger partial charge in [0, 0.05) is 51.4 Å². The van der Waals surface area contributed by atoms with E-state index in [2.05, 4.69) is 337 Å². The monoisotopic (exact) mass is 1280 g/mol. The smallest absolute Gasteiger partial charge is 0.137 e. The molecule has 1 saturated heterocycles. The summed E-state index contributed by atoms with van der Waals surface area (Å²) in [4.78, 5) is 19.2. The highest BCUT2D eigenvalue weighted by molar-refractivity contribution is 7.93. The molecule has 6 heteroatoms. The summed E-state index contributed by atoms with van der Waals surface area (Å²) in [5.74, 6) is 0. The largest absolute Gasteiger partial charge is 0.371 e. The molecule has 12 aromatic carbocycles. The lowest BCUT2D eigenvalue weighted by molar-refractivity contribution is -0.112. The number of hydrogen-bond acceptors (Lipinski definition) is 5. The molecule has 0 radical (unpaired) electrons. The van der Waals surface area contributed by atoms with Gasteiger partial charge in [0.05, 0.1) is 18.8 Å². The number of epoxide rings is 1. The Morgan fingerprint density at radius 3 is 0.760 bits per heavy atom. The number of aldehydes is 1. The maximum atomic E-state index is 11.9. The first-order chi connectivity index (χ1) is 47.4. The molecular formula is C90H90N3O2P. The van der Waals surface area contributed by atoms with Crippen LogP contribution in [0.25, 0.3) is 0 Å². The van der Waals surface area contributed by atoms with Gasteiger partial charge >= 0.3 is 0 Å². The van der Waals surface area contributed by atoms with Crippen molar-refractivity contribution >= 4 is 35.4 Å². The Labute approximate surface area is 572 Å². The second-order valence-electron chi connectivity index (χ2n) is 24.5. The van der Waals surface area contributed by atoms with Crippen LogP contribution in [0.15, 0.2) is 377 Å². The Balaban J connectivity index is 0.000000140. The van der Waals surface area contributed by atoms with Crippen molar-refractivity contribution in [3.05, 3.63) is 427 Å². The van der Waals surface area contributed by atoms with Crippen LogP contribution in [0, 0.1) is 0 Å². The normalized spacial score (nSPS) is 13.3. The van der Waals surface area contributed by atoms with Crippen LogP contribution in [0.4, 0.5) is 0 Å². The van der Waals surface area contributed by atoms with E-state index in [1.807, 2.05) is 54.6 Å². The molecule has 0 amide bonds. The molecule has 0 N–H and O–H groups in total. The Hall–Kier alpha value is -9.81. The van der Waals surface area contributed by atoms with Crippen LogP contribution in [0.2, 0.25) is 0 Å². The lowest BCUT2D eigenvalue weighted by Gasteiger charge is -2.31. The summed E-state index contributed by atoms with van der Waals surface area (Å²) in [5.41, 5.74) is 11.7. The summed E-state index contributed by atoms with van der Waals surface area (Å²) in [6.45, 7) is 8.43. The van der Waals surface area contributed by atoms with E-state index in [-0.39, 0.29) is 6.04 Å². The molecule has 0 spiro atoms. The second-order valence-corrected chi connectivity index (χ2v) is 27.6. The van der Waals surface area contributed by atoms with Gasteiger partial charge < -0.3 is 9.53 Å². The van der Waals surface area contributed by atoms with Gasteiger partial charge in [-0.3, -0.25) is 14.7 Å². The minimum absolute atomic E-state index is 0.150. The molecule has 0 bridgehead atoms. The molecule has 1 heterocycles. The maximum Gasteiger partial charge on any atom is 0.137 e. The molecule has 0 aromatic heterocycles. The molecule has 1 aliphatic heterocycles. The first-order valence-electron chi connectivity index (χ1n) is 33.6. The first kappa shape index (κ1) is 69.0. The third-order valence-corrected chi connectivity index (χ3v) is 21.0. The molecule has 96 heavy (non-hydrogen) atoms. The number of ether oxygens (including phenoxy) is 1. The van der Waals surface area contributed by atoms with Gasteiger partial charge in [-0.2, -0.15) is 0 Å². The molecule has 1 aliphatic rings. The molecule has 0 unspecified atom stereocenters. The highest BCUT2D eigenvalue weighted by Gasteiger charge is 2.37. The fourth-order valence-corrected chi connectivity index (χ4v) is 15.2. The first-order valence-corrected chi connectivity index (χ1v) is 35.5. The Morgan fingerprint density at radius 2 is 0.521 bits per heavy atom. The molecular weight excluding hydrogens is 1190 g/mol. The van der Waals surface area contributed by atoms with E-state index < -0.39 is 6.89 Å².